The second-order valence-electron chi connectivity index (χ2n) is 5.68. The summed E-state index contributed by atoms with van der Waals surface area (Å²) in [7, 11) is 0. The average molecular weight is 292 g/mol. The quantitative estimate of drug-likeness (QED) is 0.792. The van der Waals surface area contributed by atoms with Crippen molar-refractivity contribution in [3.05, 3.63) is 29.3 Å². The van der Waals surface area contributed by atoms with E-state index in [2.05, 4.69) is 48.9 Å². The van der Waals surface area contributed by atoms with Crippen LogP contribution in [0, 0.1) is 0 Å². The first-order valence-electron chi connectivity index (χ1n) is 7.85. The topological polar surface area (TPSA) is 24.1 Å². The molecule has 1 aromatic rings. The Morgan fingerprint density at radius 3 is 2.80 bits per heavy atom. The predicted octanol–water partition coefficient (Wildman–Crippen LogP) is 4.06. The molecule has 0 bridgehead atoms. The predicted molar refractivity (Wildman–Crippen MR) is 91.8 cm³/mol. The smallest absolute Gasteiger partial charge is 0.0418 e. The monoisotopic (exact) mass is 292 g/mol. The number of fused-ring (bicyclic) bond motifs is 1. The van der Waals surface area contributed by atoms with Gasteiger partial charge in [-0.25, -0.2) is 0 Å². The summed E-state index contributed by atoms with van der Waals surface area (Å²) in [6.07, 6.45) is 7.16. The normalized spacial score (nSPS) is 14.8. The molecule has 0 saturated carbocycles. The molecule has 1 aromatic carbocycles. The molecule has 0 unspecified atom stereocenters. The van der Waals surface area contributed by atoms with Gasteiger partial charge in [0.25, 0.3) is 0 Å². The number of anilines is 1. The lowest BCUT2D eigenvalue weighted by Gasteiger charge is -2.30. The summed E-state index contributed by atoms with van der Waals surface area (Å²) >= 11 is 2.00. The molecule has 2 nitrogen and oxygen atoms in total. The molecule has 1 heterocycles. The number of aryl methyl sites for hydroxylation is 1. The fourth-order valence-electron chi connectivity index (χ4n) is 3.01. The third kappa shape index (κ3) is 3.50. The Balaban J connectivity index is 1.98. The van der Waals surface area contributed by atoms with Crippen LogP contribution in [0.25, 0.3) is 0 Å². The largest absolute Gasteiger partial charge is 0.385 e. The summed E-state index contributed by atoms with van der Waals surface area (Å²) in [5, 5.41) is 7.26. The van der Waals surface area contributed by atoms with Crippen molar-refractivity contribution in [3.8, 4) is 0 Å². The molecule has 2 N–H and O–H groups in total. The zero-order valence-corrected chi connectivity index (χ0v) is 13.9. The third-order valence-corrected chi connectivity index (χ3v) is 6.23. The third-order valence-electron chi connectivity index (χ3n) is 4.65. The van der Waals surface area contributed by atoms with Crippen LogP contribution >= 0.6 is 11.8 Å². The van der Waals surface area contributed by atoms with Crippen molar-refractivity contribution in [2.24, 2.45) is 0 Å². The minimum atomic E-state index is 0.391. The van der Waals surface area contributed by atoms with Crippen LogP contribution in [-0.4, -0.2) is 24.1 Å². The van der Waals surface area contributed by atoms with Crippen LogP contribution in [0.5, 0.6) is 0 Å². The van der Waals surface area contributed by atoms with Crippen LogP contribution in [-0.2, 0) is 13.0 Å². The SMILES string of the molecule is CCC(CC)(CNCc1cccc2c1NCCC2)SC. The van der Waals surface area contributed by atoms with Gasteiger partial charge in [0.2, 0.25) is 0 Å². The Hall–Kier alpha value is -0.670. The van der Waals surface area contributed by atoms with E-state index in [1.165, 1.54) is 42.5 Å². The van der Waals surface area contributed by atoms with E-state index in [1.807, 2.05) is 11.8 Å². The van der Waals surface area contributed by atoms with Crippen molar-refractivity contribution >= 4 is 17.4 Å². The molecule has 0 saturated heterocycles. The first kappa shape index (κ1) is 15.7. The highest BCUT2D eigenvalue weighted by atomic mass is 32.2. The van der Waals surface area contributed by atoms with E-state index in [1.54, 1.807) is 0 Å². The van der Waals surface area contributed by atoms with Gasteiger partial charge in [-0.15, -0.1) is 0 Å². The van der Waals surface area contributed by atoms with Gasteiger partial charge in [-0.2, -0.15) is 11.8 Å². The summed E-state index contributed by atoms with van der Waals surface area (Å²) in [4.78, 5) is 0. The number of thioether (sulfide) groups is 1. The Kier molecular flexibility index (Phi) is 5.79. The van der Waals surface area contributed by atoms with E-state index in [0.717, 1.165) is 19.6 Å². The Morgan fingerprint density at radius 2 is 2.10 bits per heavy atom. The average Bonchev–Trinajstić information content (AvgIpc) is 2.52. The summed E-state index contributed by atoms with van der Waals surface area (Å²) in [6.45, 7) is 7.77. The molecule has 0 atom stereocenters. The molecular weight excluding hydrogens is 264 g/mol. The van der Waals surface area contributed by atoms with Crippen molar-refractivity contribution in [2.75, 3.05) is 24.7 Å². The van der Waals surface area contributed by atoms with Crippen molar-refractivity contribution in [1.82, 2.24) is 5.32 Å². The highest BCUT2D eigenvalue weighted by molar-refractivity contribution is 8.00. The number of rotatable bonds is 7. The minimum absolute atomic E-state index is 0.391. The minimum Gasteiger partial charge on any atom is -0.385 e. The molecule has 0 aromatic heterocycles. The second kappa shape index (κ2) is 7.37. The van der Waals surface area contributed by atoms with Gasteiger partial charge >= 0.3 is 0 Å². The van der Waals surface area contributed by atoms with E-state index in [0.29, 0.717) is 4.75 Å². The maximum atomic E-state index is 3.68. The first-order valence-corrected chi connectivity index (χ1v) is 9.07. The van der Waals surface area contributed by atoms with Gasteiger partial charge < -0.3 is 10.6 Å². The zero-order valence-electron chi connectivity index (χ0n) is 13.1. The lowest BCUT2D eigenvalue weighted by Crippen LogP contribution is -2.36. The summed E-state index contributed by atoms with van der Waals surface area (Å²) in [6, 6.07) is 6.71. The van der Waals surface area contributed by atoms with E-state index in [9.17, 15) is 0 Å². The molecule has 3 heteroatoms. The zero-order chi connectivity index (χ0) is 14.4. The van der Waals surface area contributed by atoms with Crippen LogP contribution in [0.15, 0.2) is 18.2 Å². The summed E-state index contributed by atoms with van der Waals surface area (Å²) in [5.74, 6) is 0. The number of nitrogens with one attached hydrogen (secondary N) is 2. The van der Waals surface area contributed by atoms with Gasteiger partial charge in [-0.3, -0.25) is 0 Å². The maximum Gasteiger partial charge on any atom is 0.0418 e. The van der Waals surface area contributed by atoms with Crippen LogP contribution in [0.1, 0.15) is 44.2 Å². The van der Waals surface area contributed by atoms with Gasteiger partial charge in [0.1, 0.15) is 0 Å². The Labute approximate surface area is 128 Å². The molecule has 0 spiro atoms. The van der Waals surface area contributed by atoms with Crippen molar-refractivity contribution in [3.63, 3.8) is 0 Å². The van der Waals surface area contributed by atoms with Crippen LogP contribution < -0.4 is 10.6 Å². The fraction of sp³-hybridized carbons (Fsp3) is 0.647. The van der Waals surface area contributed by atoms with Gasteiger partial charge in [-0.1, -0.05) is 32.0 Å². The molecule has 0 fully saturated rings. The maximum absolute atomic E-state index is 3.68. The van der Waals surface area contributed by atoms with E-state index in [-0.39, 0.29) is 0 Å². The Morgan fingerprint density at radius 1 is 1.30 bits per heavy atom. The molecular formula is C17H28N2S. The fourth-order valence-corrected chi connectivity index (χ4v) is 3.84. The van der Waals surface area contributed by atoms with Crippen LogP contribution in [0.4, 0.5) is 5.69 Å². The van der Waals surface area contributed by atoms with Gasteiger partial charge in [0, 0.05) is 30.1 Å². The molecule has 112 valence electrons. The van der Waals surface area contributed by atoms with E-state index >= 15 is 0 Å². The van der Waals surface area contributed by atoms with Crippen LogP contribution in [0.2, 0.25) is 0 Å². The molecule has 20 heavy (non-hydrogen) atoms. The number of hydrogen-bond acceptors (Lipinski definition) is 3. The van der Waals surface area contributed by atoms with Gasteiger partial charge in [0.05, 0.1) is 0 Å². The second-order valence-corrected chi connectivity index (χ2v) is 6.95. The van der Waals surface area contributed by atoms with Crippen LogP contribution in [0.3, 0.4) is 0 Å². The lowest BCUT2D eigenvalue weighted by atomic mass is 9.99. The lowest BCUT2D eigenvalue weighted by molar-refractivity contribution is 0.495. The van der Waals surface area contributed by atoms with E-state index in [4.69, 9.17) is 0 Å². The number of hydrogen-bond donors (Lipinski definition) is 2. The van der Waals surface area contributed by atoms with Crippen molar-refractivity contribution in [2.45, 2.75) is 50.8 Å². The van der Waals surface area contributed by atoms with Gasteiger partial charge in [0.15, 0.2) is 0 Å². The molecule has 1 aliphatic rings. The number of para-hydroxylation sites is 1. The van der Waals surface area contributed by atoms with Crippen molar-refractivity contribution < 1.29 is 0 Å². The van der Waals surface area contributed by atoms with Crippen molar-refractivity contribution in [1.29, 1.82) is 0 Å². The van der Waals surface area contributed by atoms with E-state index < -0.39 is 0 Å². The first-order chi connectivity index (χ1) is 9.74. The standard InChI is InChI=1S/C17H28N2S/c1-4-17(5-2,20-3)13-18-12-15-9-6-8-14-10-7-11-19-16(14)15/h6,8-9,18-19H,4-5,7,10-13H2,1-3H3. The molecule has 2 rings (SSSR count). The summed E-state index contributed by atoms with van der Waals surface area (Å²) < 4.78 is 0.391. The molecule has 0 radical (unpaired) electrons. The summed E-state index contributed by atoms with van der Waals surface area (Å²) in [5.41, 5.74) is 4.29. The number of benzene rings is 1. The highest BCUT2D eigenvalue weighted by Crippen LogP contribution is 2.30. The van der Waals surface area contributed by atoms with Gasteiger partial charge in [-0.05, 0) is 43.1 Å². The molecule has 1 aliphatic heterocycles. The Bertz CT molecular complexity index is 419. The molecule has 0 aliphatic carbocycles. The highest BCUT2D eigenvalue weighted by Gasteiger charge is 2.24. The molecule has 0 amide bonds.